The number of benzene rings is 1. The van der Waals surface area contributed by atoms with Crippen LogP contribution in [0.4, 0.5) is 0 Å². The van der Waals surface area contributed by atoms with Crippen LogP contribution < -0.4 is 10.6 Å². The van der Waals surface area contributed by atoms with Gasteiger partial charge < -0.3 is 20.3 Å². The monoisotopic (exact) mass is 386 g/mol. The normalized spacial score (nSPS) is 18.9. The lowest BCUT2D eigenvalue weighted by atomic mass is 10.1. The summed E-state index contributed by atoms with van der Waals surface area (Å²) in [7, 11) is 0. The molecule has 3 N–H and O–H groups in total. The van der Waals surface area contributed by atoms with E-state index < -0.39 is 6.10 Å². The van der Waals surface area contributed by atoms with Crippen molar-refractivity contribution in [3.63, 3.8) is 0 Å². The summed E-state index contributed by atoms with van der Waals surface area (Å²) in [5.74, 6) is 0.756. The first-order valence-corrected chi connectivity index (χ1v) is 7.95. The van der Waals surface area contributed by atoms with Gasteiger partial charge in [0.15, 0.2) is 0 Å². The second-order valence-electron chi connectivity index (χ2n) is 5.84. The van der Waals surface area contributed by atoms with Gasteiger partial charge in [-0.15, -0.1) is 24.8 Å². The van der Waals surface area contributed by atoms with Gasteiger partial charge in [-0.3, -0.25) is 4.79 Å². The quantitative estimate of drug-likeness (QED) is 0.699. The molecule has 2 atom stereocenters. The van der Waals surface area contributed by atoms with Crippen LogP contribution >= 0.6 is 24.8 Å². The summed E-state index contributed by atoms with van der Waals surface area (Å²) >= 11 is 0. The van der Waals surface area contributed by atoms with Gasteiger partial charge in [-0.05, 0) is 18.4 Å². The largest absolute Gasteiger partial charge is 0.392 e. The smallest absolute Gasteiger partial charge is 0.237 e. The summed E-state index contributed by atoms with van der Waals surface area (Å²) in [6, 6.07) is 9.99. The zero-order chi connectivity index (χ0) is 16.1. The number of aryl methyl sites for hydroxylation is 2. The second-order valence-corrected chi connectivity index (χ2v) is 5.84. The minimum atomic E-state index is -0.432. The lowest BCUT2D eigenvalue weighted by molar-refractivity contribution is -0.123. The van der Waals surface area contributed by atoms with Gasteiger partial charge in [0.05, 0.1) is 18.7 Å². The Balaban J connectivity index is 0.00000156. The molecule has 1 aliphatic heterocycles. The molecule has 3 rings (SSSR count). The molecule has 6 nitrogen and oxygen atoms in total. The molecule has 0 bridgehead atoms. The number of nitrogens with one attached hydrogen (secondary N) is 2. The minimum absolute atomic E-state index is 0. The molecule has 2 aromatic rings. The fourth-order valence-electron chi connectivity index (χ4n) is 2.81. The number of amides is 1. The summed E-state index contributed by atoms with van der Waals surface area (Å²) in [6.45, 7) is 1.70. The lowest BCUT2D eigenvalue weighted by Gasteiger charge is -2.12. The van der Waals surface area contributed by atoms with Gasteiger partial charge >= 0.3 is 0 Å². The average Bonchev–Trinajstić information content (AvgIpc) is 3.20. The van der Waals surface area contributed by atoms with Crippen molar-refractivity contribution in [1.82, 2.24) is 20.2 Å². The van der Waals surface area contributed by atoms with Crippen molar-refractivity contribution in [2.24, 2.45) is 0 Å². The molecule has 2 heterocycles. The molecule has 2 unspecified atom stereocenters. The maximum Gasteiger partial charge on any atom is 0.237 e. The Labute approximate surface area is 159 Å². The van der Waals surface area contributed by atoms with E-state index in [2.05, 4.69) is 32.3 Å². The van der Waals surface area contributed by atoms with Gasteiger partial charge in [-0.1, -0.05) is 30.3 Å². The van der Waals surface area contributed by atoms with Crippen LogP contribution in [-0.2, 0) is 24.3 Å². The van der Waals surface area contributed by atoms with Crippen LogP contribution in [0.1, 0.15) is 17.8 Å². The van der Waals surface area contributed by atoms with Gasteiger partial charge in [0.2, 0.25) is 5.91 Å². The summed E-state index contributed by atoms with van der Waals surface area (Å²) in [6.07, 6.45) is 4.65. The van der Waals surface area contributed by atoms with Crippen molar-refractivity contribution < 1.29 is 9.90 Å². The van der Waals surface area contributed by atoms with Gasteiger partial charge in [-0.2, -0.15) is 0 Å². The van der Waals surface area contributed by atoms with Crippen LogP contribution in [0.3, 0.4) is 0 Å². The summed E-state index contributed by atoms with van der Waals surface area (Å²) in [4.78, 5) is 16.4. The van der Waals surface area contributed by atoms with Crippen molar-refractivity contribution in [2.75, 3.05) is 6.54 Å². The first kappa shape index (κ1) is 21.4. The first-order valence-electron chi connectivity index (χ1n) is 7.95. The third-order valence-corrected chi connectivity index (χ3v) is 4.13. The molecule has 0 radical (unpaired) electrons. The number of hydrogen-bond acceptors (Lipinski definition) is 4. The van der Waals surface area contributed by atoms with E-state index in [1.807, 2.05) is 24.4 Å². The van der Waals surface area contributed by atoms with E-state index in [4.69, 9.17) is 0 Å². The number of rotatable bonds is 6. The number of β-amino-alcohol motifs (C(OH)–C–C–N with tert-alkyl or cyclic N) is 1. The number of imidazole rings is 1. The third kappa shape index (κ3) is 6.01. The minimum Gasteiger partial charge on any atom is -0.392 e. The fourth-order valence-corrected chi connectivity index (χ4v) is 2.81. The molecule has 1 saturated heterocycles. The van der Waals surface area contributed by atoms with E-state index in [0.717, 1.165) is 18.8 Å². The van der Waals surface area contributed by atoms with E-state index in [-0.39, 0.29) is 36.8 Å². The van der Waals surface area contributed by atoms with E-state index in [0.29, 0.717) is 19.5 Å². The highest BCUT2D eigenvalue weighted by Crippen LogP contribution is 2.07. The highest BCUT2D eigenvalue weighted by molar-refractivity contribution is 5.85. The fraction of sp³-hybridized carbons (Fsp3) is 0.412. The van der Waals surface area contributed by atoms with Gasteiger partial charge in [-0.25, -0.2) is 4.98 Å². The molecular weight excluding hydrogens is 363 g/mol. The predicted molar refractivity (Wildman–Crippen MR) is 101 cm³/mol. The van der Waals surface area contributed by atoms with Gasteiger partial charge in [0.25, 0.3) is 0 Å². The number of aliphatic hydroxyl groups is 1. The Kier molecular flexibility index (Phi) is 8.92. The molecule has 138 valence electrons. The molecule has 0 saturated carbocycles. The SMILES string of the molecule is Cl.Cl.O=C(NCc1nccn1CCc1ccccc1)C1CC(O)CN1. The van der Waals surface area contributed by atoms with Crippen LogP contribution in [-0.4, -0.2) is 39.3 Å². The number of halogens is 2. The lowest BCUT2D eigenvalue weighted by Crippen LogP contribution is -2.40. The average molecular weight is 387 g/mol. The molecule has 1 aromatic heterocycles. The number of carbonyl (C=O) groups is 1. The van der Waals surface area contributed by atoms with Crippen molar-refractivity contribution >= 4 is 30.7 Å². The van der Waals surface area contributed by atoms with Crippen molar-refractivity contribution in [3.05, 3.63) is 54.1 Å². The van der Waals surface area contributed by atoms with Crippen molar-refractivity contribution in [1.29, 1.82) is 0 Å². The van der Waals surface area contributed by atoms with Crippen LogP contribution in [0.15, 0.2) is 42.7 Å². The Morgan fingerprint density at radius 2 is 2.08 bits per heavy atom. The molecule has 1 aromatic carbocycles. The Morgan fingerprint density at radius 3 is 2.76 bits per heavy atom. The van der Waals surface area contributed by atoms with Gasteiger partial charge in [0.1, 0.15) is 5.82 Å². The topological polar surface area (TPSA) is 79.2 Å². The molecule has 1 aliphatic rings. The van der Waals surface area contributed by atoms with E-state index in [9.17, 15) is 9.90 Å². The van der Waals surface area contributed by atoms with Crippen molar-refractivity contribution in [2.45, 2.75) is 38.1 Å². The summed E-state index contributed by atoms with van der Waals surface area (Å²) in [5.41, 5.74) is 1.28. The number of carbonyl (C=O) groups excluding carboxylic acids is 1. The first-order chi connectivity index (χ1) is 11.2. The number of nitrogens with zero attached hydrogens (tertiary/aromatic N) is 2. The molecule has 0 aliphatic carbocycles. The number of hydrogen-bond donors (Lipinski definition) is 3. The zero-order valence-electron chi connectivity index (χ0n) is 13.8. The highest BCUT2D eigenvalue weighted by Gasteiger charge is 2.27. The maximum absolute atomic E-state index is 12.1. The van der Waals surface area contributed by atoms with Crippen LogP contribution in [0.2, 0.25) is 0 Å². The zero-order valence-corrected chi connectivity index (χ0v) is 15.4. The Bertz CT molecular complexity index is 651. The highest BCUT2D eigenvalue weighted by atomic mass is 35.5. The van der Waals surface area contributed by atoms with Gasteiger partial charge in [0, 0.05) is 25.5 Å². The van der Waals surface area contributed by atoms with Crippen molar-refractivity contribution in [3.8, 4) is 0 Å². The molecule has 1 fully saturated rings. The maximum atomic E-state index is 12.1. The van der Waals surface area contributed by atoms with Crippen LogP contribution in [0.25, 0.3) is 0 Å². The third-order valence-electron chi connectivity index (χ3n) is 4.13. The molecule has 0 spiro atoms. The molecular formula is C17H24Cl2N4O2. The Morgan fingerprint density at radius 1 is 1.32 bits per heavy atom. The summed E-state index contributed by atoms with van der Waals surface area (Å²) in [5, 5.41) is 15.4. The Hall–Kier alpha value is -1.60. The summed E-state index contributed by atoms with van der Waals surface area (Å²) < 4.78 is 2.06. The van der Waals surface area contributed by atoms with E-state index >= 15 is 0 Å². The molecule has 25 heavy (non-hydrogen) atoms. The predicted octanol–water partition coefficient (Wildman–Crippen LogP) is 1.31. The van der Waals surface area contributed by atoms with Crippen LogP contribution in [0, 0.1) is 0 Å². The molecule has 8 heteroatoms. The number of aromatic nitrogens is 2. The second kappa shape index (κ2) is 10.4. The number of aliphatic hydroxyl groups excluding tert-OH is 1. The van der Waals surface area contributed by atoms with Crippen LogP contribution in [0.5, 0.6) is 0 Å². The molecule has 1 amide bonds. The van der Waals surface area contributed by atoms with E-state index in [1.54, 1.807) is 6.20 Å². The standard InChI is InChI=1S/C17H22N4O2.2ClH/c22-14-10-15(19-11-14)17(23)20-12-16-18-7-9-21(16)8-6-13-4-2-1-3-5-13;;/h1-5,7,9,14-15,19,22H,6,8,10-12H2,(H,20,23);2*1H. The van der Waals surface area contributed by atoms with E-state index in [1.165, 1.54) is 5.56 Å².